The molecule has 1 saturated heterocycles. The number of hydrogen-bond acceptors (Lipinski definition) is 4. The van der Waals surface area contributed by atoms with Gasteiger partial charge in [0.2, 0.25) is 5.91 Å². The van der Waals surface area contributed by atoms with Gasteiger partial charge in [-0.05, 0) is 18.6 Å². The number of likely N-dealkylation sites (tertiary alicyclic amines) is 1. The number of benzene rings is 1. The number of likely N-dealkylation sites (N-methyl/N-ethyl adjacent to an activating group) is 1. The van der Waals surface area contributed by atoms with E-state index in [4.69, 9.17) is 0 Å². The molecule has 1 amide bonds. The fourth-order valence-electron chi connectivity index (χ4n) is 2.41. The SMILES string of the molecule is CN1CC(NCc2nc3ccccc3s2)CCC1=O. The maximum atomic E-state index is 11.4. The number of amides is 1. The summed E-state index contributed by atoms with van der Waals surface area (Å²) < 4.78 is 1.23. The second-order valence-electron chi connectivity index (χ2n) is 4.97. The molecule has 2 aromatic rings. The first-order valence-electron chi connectivity index (χ1n) is 6.54. The van der Waals surface area contributed by atoms with Crippen molar-refractivity contribution in [2.45, 2.75) is 25.4 Å². The van der Waals surface area contributed by atoms with Crippen molar-refractivity contribution < 1.29 is 4.79 Å². The molecule has 5 heteroatoms. The first-order chi connectivity index (χ1) is 9.22. The highest BCUT2D eigenvalue weighted by atomic mass is 32.1. The van der Waals surface area contributed by atoms with Gasteiger partial charge in [0.05, 0.1) is 10.2 Å². The van der Waals surface area contributed by atoms with Crippen molar-refractivity contribution in [2.24, 2.45) is 0 Å². The van der Waals surface area contributed by atoms with E-state index < -0.39 is 0 Å². The molecule has 19 heavy (non-hydrogen) atoms. The van der Waals surface area contributed by atoms with E-state index >= 15 is 0 Å². The normalized spacial score (nSPS) is 20.2. The number of hydrogen-bond donors (Lipinski definition) is 1. The molecular weight excluding hydrogens is 258 g/mol. The number of piperidine rings is 1. The summed E-state index contributed by atoms with van der Waals surface area (Å²) in [6.45, 7) is 1.58. The molecule has 1 aromatic carbocycles. The van der Waals surface area contributed by atoms with Crippen LogP contribution in [-0.2, 0) is 11.3 Å². The molecule has 1 aliphatic rings. The summed E-state index contributed by atoms with van der Waals surface area (Å²) in [5.41, 5.74) is 1.07. The Hall–Kier alpha value is -1.46. The van der Waals surface area contributed by atoms with Gasteiger partial charge in [-0.15, -0.1) is 11.3 Å². The van der Waals surface area contributed by atoms with E-state index in [1.165, 1.54) is 4.70 Å². The van der Waals surface area contributed by atoms with Gasteiger partial charge in [0.1, 0.15) is 5.01 Å². The van der Waals surface area contributed by atoms with Crippen molar-refractivity contribution in [1.82, 2.24) is 15.2 Å². The van der Waals surface area contributed by atoms with Gasteiger partial charge < -0.3 is 10.2 Å². The van der Waals surface area contributed by atoms with Gasteiger partial charge in [0.25, 0.3) is 0 Å². The van der Waals surface area contributed by atoms with Crippen molar-refractivity contribution in [3.63, 3.8) is 0 Å². The van der Waals surface area contributed by atoms with Crippen LogP contribution in [0.5, 0.6) is 0 Å². The lowest BCUT2D eigenvalue weighted by Gasteiger charge is -2.30. The van der Waals surface area contributed by atoms with Crippen LogP contribution in [0.1, 0.15) is 17.8 Å². The van der Waals surface area contributed by atoms with Crippen LogP contribution in [0, 0.1) is 0 Å². The molecule has 100 valence electrons. The minimum Gasteiger partial charge on any atom is -0.344 e. The second-order valence-corrected chi connectivity index (χ2v) is 6.08. The third kappa shape index (κ3) is 2.77. The molecule has 1 fully saturated rings. The van der Waals surface area contributed by atoms with E-state index in [2.05, 4.69) is 16.4 Å². The first-order valence-corrected chi connectivity index (χ1v) is 7.36. The Labute approximate surface area is 116 Å². The fraction of sp³-hybridized carbons (Fsp3) is 0.429. The lowest BCUT2D eigenvalue weighted by Crippen LogP contribution is -2.46. The zero-order valence-electron chi connectivity index (χ0n) is 10.9. The first kappa shape index (κ1) is 12.6. The van der Waals surface area contributed by atoms with Crippen LogP contribution in [0.25, 0.3) is 10.2 Å². The molecule has 1 aromatic heterocycles. The van der Waals surface area contributed by atoms with Crippen LogP contribution < -0.4 is 5.32 Å². The summed E-state index contributed by atoms with van der Waals surface area (Å²) in [6, 6.07) is 8.58. The summed E-state index contributed by atoms with van der Waals surface area (Å²) in [6.07, 6.45) is 1.57. The summed E-state index contributed by atoms with van der Waals surface area (Å²) in [4.78, 5) is 17.8. The summed E-state index contributed by atoms with van der Waals surface area (Å²) in [5, 5.41) is 4.62. The van der Waals surface area contributed by atoms with Crippen LogP contribution in [0.15, 0.2) is 24.3 Å². The molecule has 0 radical (unpaired) electrons. The molecule has 1 unspecified atom stereocenters. The maximum absolute atomic E-state index is 11.4. The van der Waals surface area contributed by atoms with Gasteiger partial charge in [-0.25, -0.2) is 4.98 Å². The average molecular weight is 275 g/mol. The highest BCUT2D eigenvalue weighted by Crippen LogP contribution is 2.21. The van der Waals surface area contributed by atoms with Crippen molar-refractivity contribution in [3.8, 4) is 0 Å². The van der Waals surface area contributed by atoms with E-state index in [0.29, 0.717) is 12.5 Å². The zero-order chi connectivity index (χ0) is 13.2. The average Bonchev–Trinajstić information content (AvgIpc) is 2.83. The maximum Gasteiger partial charge on any atom is 0.222 e. The number of carbonyl (C=O) groups is 1. The lowest BCUT2D eigenvalue weighted by atomic mass is 10.1. The molecule has 3 rings (SSSR count). The minimum absolute atomic E-state index is 0.248. The minimum atomic E-state index is 0.248. The Morgan fingerprint density at radius 3 is 3.11 bits per heavy atom. The van der Waals surface area contributed by atoms with E-state index in [0.717, 1.165) is 30.0 Å². The van der Waals surface area contributed by atoms with Crippen molar-refractivity contribution >= 4 is 27.5 Å². The monoisotopic (exact) mass is 275 g/mol. The molecule has 0 spiro atoms. The van der Waals surface area contributed by atoms with Crippen LogP contribution in [0.2, 0.25) is 0 Å². The van der Waals surface area contributed by atoms with Crippen molar-refractivity contribution in [1.29, 1.82) is 0 Å². The predicted octanol–water partition coefficient (Wildman–Crippen LogP) is 2.01. The van der Waals surface area contributed by atoms with Crippen molar-refractivity contribution in [3.05, 3.63) is 29.3 Å². The Morgan fingerprint density at radius 1 is 1.47 bits per heavy atom. The standard InChI is InChI=1S/C14H17N3OS/c1-17-9-10(6-7-14(17)18)15-8-13-16-11-4-2-3-5-12(11)19-13/h2-5,10,15H,6-9H2,1H3. The largest absolute Gasteiger partial charge is 0.344 e. The number of para-hydroxylation sites is 1. The third-order valence-corrected chi connectivity index (χ3v) is 4.54. The van der Waals surface area contributed by atoms with Gasteiger partial charge in [0, 0.05) is 32.6 Å². The van der Waals surface area contributed by atoms with Crippen LogP contribution in [-0.4, -0.2) is 35.4 Å². The lowest BCUT2D eigenvalue weighted by molar-refractivity contribution is -0.132. The molecule has 1 N–H and O–H groups in total. The summed E-state index contributed by atoms with van der Waals surface area (Å²) >= 11 is 1.73. The number of nitrogens with zero attached hydrogens (tertiary/aromatic N) is 2. The second kappa shape index (κ2) is 5.27. The van der Waals surface area contributed by atoms with Crippen LogP contribution in [0.4, 0.5) is 0 Å². The van der Waals surface area contributed by atoms with Gasteiger partial charge in [-0.3, -0.25) is 4.79 Å². The third-order valence-electron chi connectivity index (χ3n) is 3.51. The molecule has 0 saturated carbocycles. The molecular formula is C14H17N3OS. The van der Waals surface area contributed by atoms with Gasteiger partial charge in [0.15, 0.2) is 0 Å². The number of thiazole rings is 1. The predicted molar refractivity (Wildman–Crippen MR) is 77.1 cm³/mol. The number of rotatable bonds is 3. The number of aromatic nitrogens is 1. The molecule has 1 atom stereocenters. The quantitative estimate of drug-likeness (QED) is 0.932. The molecule has 2 heterocycles. The van der Waals surface area contributed by atoms with E-state index in [-0.39, 0.29) is 5.91 Å². The van der Waals surface area contributed by atoms with E-state index in [1.807, 2.05) is 25.2 Å². The Balaban J connectivity index is 1.61. The van der Waals surface area contributed by atoms with Crippen LogP contribution in [0.3, 0.4) is 0 Å². The smallest absolute Gasteiger partial charge is 0.222 e. The Kier molecular flexibility index (Phi) is 3.48. The molecule has 0 bridgehead atoms. The van der Waals surface area contributed by atoms with Crippen LogP contribution >= 0.6 is 11.3 Å². The number of nitrogens with one attached hydrogen (secondary N) is 1. The molecule has 4 nitrogen and oxygen atoms in total. The highest BCUT2D eigenvalue weighted by Gasteiger charge is 2.22. The highest BCUT2D eigenvalue weighted by molar-refractivity contribution is 7.18. The number of carbonyl (C=O) groups excluding carboxylic acids is 1. The summed E-state index contributed by atoms with van der Waals surface area (Å²) in [7, 11) is 1.87. The topological polar surface area (TPSA) is 45.2 Å². The fourth-order valence-corrected chi connectivity index (χ4v) is 3.32. The summed E-state index contributed by atoms with van der Waals surface area (Å²) in [5.74, 6) is 0.248. The molecule has 0 aliphatic carbocycles. The van der Waals surface area contributed by atoms with Gasteiger partial charge in [-0.1, -0.05) is 12.1 Å². The Bertz CT molecular complexity index is 562. The van der Waals surface area contributed by atoms with Gasteiger partial charge in [-0.2, -0.15) is 0 Å². The Morgan fingerprint density at radius 2 is 2.32 bits per heavy atom. The van der Waals surface area contributed by atoms with E-state index in [1.54, 1.807) is 16.2 Å². The van der Waals surface area contributed by atoms with E-state index in [9.17, 15) is 4.79 Å². The molecule has 1 aliphatic heterocycles. The zero-order valence-corrected chi connectivity index (χ0v) is 11.7. The number of fused-ring (bicyclic) bond motifs is 1. The van der Waals surface area contributed by atoms with Gasteiger partial charge >= 0.3 is 0 Å². The van der Waals surface area contributed by atoms with Crippen molar-refractivity contribution in [2.75, 3.05) is 13.6 Å².